The van der Waals surface area contributed by atoms with Crippen LogP contribution in [0.3, 0.4) is 0 Å². The van der Waals surface area contributed by atoms with Gasteiger partial charge in [0.25, 0.3) is 0 Å². The summed E-state index contributed by atoms with van der Waals surface area (Å²) in [6, 6.07) is 6.66. The molecule has 1 spiro atoms. The van der Waals surface area contributed by atoms with E-state index in [9.17, 15) is 24.3 Å². The summed E-state index contributed by atoms with van der Waals surface area (Å²) in [6.07, 6.45) is 8.66. The molecule has 3 amide bonds. The number of ether oxygens (including phenoxy) is 3. The molecule has 8 atom stereocenters. The van der Waals surface area contributed by atoms with Gasteiger partial charge in [0.05, 0.1) is 37.3 Å². The number of hydrogen-bond acceptors (Lipinski definition) is 8. The van der Waals surface area contributed by atoms with E-state index in [0.29, 0.717) is 25.1 Å². The van der Waals surface area contributed by atoms with E-state index in [1.807, 2.05) is 36.4 Å². The van der Waals surface area contributed by atoms with E-state index >= 15 is 0 Å². The number of allylic oxidation sites excluding steroid dienone is 1. The normalized spacial score (nSPS) is 33.2. The first-order valence-corrected chi connectivity index (χ1v) is 16.0. The third-order valence-corrected chi connectivity index (χ3v) is 9.35. The number of cyclic esters (lactones) is 1. The number of esters is 1. The molecule has 45 heavy (non-hydrogen) atoms. The Balaban J connectivity index is 1.59. The van der Waals surface area contributed by atoms with Gasteiger partial charge in [-0.3, -0.25) is 19.2 Å². The van der Waals surface area contributed by atoms with E-state index < -0.39 is 59.6 Å². The van der Waals surface area contributed by atoms with Crippen LogP contribution in [0.2, 0.25) is 0 Å². The highest BCUT2D eigenvalue weighted by Crippen LogP contribution is 2.53. The van der Waals surface area contributed by atoms with Crippen LogP contribution in [0.15, 0.2) is 54.6 Å². The molecule has 5 rings (SSSR count). The van der Waals surface area contributed by atoms with Crippen LogP contribution in [0.5, 0.6) is 0 Å². The maximum atomic E-state index is 14.4. The van der Waals surface area contributed by atoms with Gasteiger partial charge in [-0.05, 0) is 25.3 Å². The van der Waals surface area contributed by atoms with Crippen molar-refractivity contribution >= 4 is 23.7 Å². The predicted molar refractivity (Wildman–Crippen MR) is 164 cm³/mol. The number of aliphatic hydroxyl groups excluding tert-OH is 1. The van der Waals surface area contributed by atoms with Crippen LogP contribution in [0.4, 0.5) is 0 Å². The number of benzene rings is 1. The Morgan fingerprint density at radius 2 is 1.89 bits per heavy atom. The van der Waals surface area contributed by atoms with Crippen LogP contribution in [0.1, 0.15) is 57.6 Å². The quantitative estimate of drug-likeness (QED) is 0.243. The molecular formula is C34H45N3O8. The van der Waals surface area contributed by atoms with Gasteiger partial charge < -0.3 is 34.4 Å². The summed E-state index contributed by atoms with van der Waals surface area (Å²) in [5.74, 6) is -3.74. The molecule has 0 saturated carbocycles. The van der Waals surface area contributed by atoms with Crippen molar-refractivity contribution in [2.45, 2.75) is 81.9 Å². The topological polar surface area (TPSA) is 135 Å². The van der Waals surface area contributed by atoms with Gasteiger partial charge in [0.15, 0.2) is 0 Å². The van der Waals surface area contributed by atoms with Gasteiger partial charge in [0, 0.05) is 26.6 Å². The van der Waals surface area contributed by atoms with Crippen molar-refractivity contribution < 1.29 is 38.5 Å². The lowest BCUT2D eigenvalue weighted by Gasteiger charge is -2.37. The van der Waals surface area contributed by atoms with Gasteiger partial charge >= 0.3 is 5.97 Å². The highest BCUT2D eigenvalue weighted by atomic mass is 16.6. The molecule has 4 heterocycles. The zero-order valence-corrected chi connectivity index (χ0v) is 26.3. The number of aliphatic hydroxyl groups is 1. The maximum absolute atomic E-state index is 14.4. The second-order valence-electron chi connectivity index (χ2n) is 12.4. The van der Waals surface area contributed by atoms with Crippen molar-refractivity contribution in [3.63, 3.8) is 0 Å². The Kier molecular flexibility index (Phi) is 10.4. The molecule has 0 aliphatic carbocycles. The SMILES string of the molecule is CCCCCN1CC=C[C@]23O[C@@H]4/C=C\CCC(=O)N[C@H](COC)[C@@H](c5ccccc5)OC(=O)[C@@H]4[C@H]2C(=O)N([C@H](C)CO)[C@@H]3C1=O. The molecule has 0 bridgehead atoms. The Hall–Kier alpha value is -3.54. The molecule has 1 aromatic carbocycles. The van der Waals surface area contributed by atoms with Crippen molar-refractivity contribution in [1.82, 2.24) is 15.1 Å². The molecule has 1 aromatic rings. The van der Waals surface area contributed by atoms with Gasteiger partial charge in [0.2, 0.25) is 17.7 Å². The Bertz CT molecular complexity index is 1300. The van der Waals surface area contributed by atoms with Crippen LogP contribution in [0, 0.1) is 11.8 Å². The number of carbonyl (C=O) groups is 4. The van der Waals surface area contributed by atoms with Crippen LogP contribution in [0.25, 0.3) is 0 Å². The average Bonchev–Trinajstić information content (AvgIpc) is 3.43. The minimum atomic E-state index is -1.45. The van der Waals surface area contributed by atoms with Crippen LogP contribution in [-0.4, -0.2) is 102 Å². The fourth-order valence-electron chi connectivity index (χ4n) is 7.19. The van der Waals surface area contributed by atoms with E-state index in [1.54, 1.807) is 30.1 Å². The lowest BCUT2D eigenvalue weighted by atomic mass is 9.77. The van der Waals surface area contributed by atoms with Gasteiger partial charge in [-0.15, -0.1) is 0 Å². The first-order chi connectivity index (χ1) is 21.8. The Morgan fingerprint density at radius 3 is 2.60 bits per heavy atom. The average molecular weight is 624 g/mol. The summed E-state index contributed by atoms with van der Waals surface area (Å²) in [6.45, 7) is 4.39. The molecule has 2 fully saturated rings. The summed E-state index contributed by atoms with van der Waals surface area (Å²) in [7, 11) is 1.51. The fraction of sp³-hybridized carbons (Fsp3) is 0.588. The molecule has 11 heteroatoms. The van der Waals surface area contributed by atoms with Crippen molar-refractivity contribution in [2.75, 3.05) is 33.4 Å². The molecule has 11 nitrogen and oxygen atoms in total. The van der Waals surface area contributed by atoms with Crippen LogP contribution >= 0.6 is 0 Å². The number of nitrogens with one attached hydrogen (secondary N) is 1. The number of amides is 3. The molecule has 2 saturated heterocycles. The number of rotatable bonds is 9. The standard InChI is InChI=1S/C34H45N3O8/c1-4-5-11-18-36-19-12-17-34-28(31(40)37(22(2)20-38)30(34)32(36)41)27-25(45-34)15-9-10-16-26(39)35-24(21-43-3)29(44-33(27)42)23-13-7-6-8-14-23/h6-9,12-15,17,22,24-25,27-30,38H,4-5,10-11,16,18-21H2,1-3H3,(H,35,39)/b15-9-/t22-,24-,25-,27+,28+,29-,30-,34+/m1/s1. The van der Waals surface area contributed by atoms with Crippen molar-refractivity contribution in [2.24, 2.45) is 11.8 Å². The van der Waals surface area contributed by atoms with E-state index in [4.69, 9.17) is 14.2 Å². The summed E-state index contributed by atoms with van der Waals surface area (Å²) in [5.41, 5.74) is -0.789. The Labute approximate surface area is 264 Å². The second-order valence-corrected chi connectivity index (χ2v) is 12.4. The van der Waals surface area contributed by atoms with E-state index in [-0.39, 0.29) is 31.4 Å². The monoisotopic (exact) mass is 623 g/mol. The van der Waals surface area contributed by atoms with Gasteiger partial charge in [-0.1, -0.05) is 74.4 Å². The molecule has 4 aliphatic heterocycles. The van der Waals surface area contributed by atoms with E-state index in [0.717, 1.165) is 19.3 Å². The smallest absolute Gasteiger partial charge is 0.313 e. The zero-order chi connectivity index (χ0) is 32.1. The van der Waals surface area contributed by atoms with Crippen molar-refractivity contribution in [3.05, 3.63) is 60.2 Å². The summed E-state index contributed by atoms with van der Waals surface area (Å²) < 4.78 is 18.4. The molecule has 244 valence electrons. The Morgan fingerprint density at radius 1 is 1.11 bits per heavy atom. The van der Waals surface area contributed by atoms with E-state index in [1.165, 1.54) is 12.0 Å². The predicted octanol–water partition coefficient (Wildman–Crippen LogP) is 2.30. The highest BCUT2D eigenvalue weighted by Gasteiger charge is 2.72. The first kappa shape index (κ1) is 32.8. The van der Waals surface area contributed by atoms with Gasteiger partial charge in [-0.2, -0.15) is 0 Å². The summed E-state index contributed by atoms with van der Waals surface area (Å²) in [5, 5.41) is 13.2. The van der Waals surface area contributed by atoms with Gasteiger partial charge in [0.1, 0.15) is 23.7 Å². The largest absolute Gasteiger partial charge is 0.455 e. The number of fused-ring (bicyclic) bond motifs is 2. The zero-order valence-electron chi connectivity index (χ0n) is 26.3. The number of unbranched alkanes of at least 4 members (excludes halogenated alkanes) is 2. The first-order valence-electron chi connectivity index (χ1n) is 16.0. The molecule has 4 aliphatic rings. The number of likely N-dealkylation sites (tertiary alicyclic amines) is 1. The minimum absolute atomic E-state index is 0.0836. The molecule has 0 unspecified atom stereocenters. The maximum Gasteiger partial charge on any atom is 0.313 e. The second kappa shape index (κ2) is 14.3. The lowest BCUT2D eigenvalue weighted by molar-refractivity contribution is -0.163. The van der Waals surface area contributed by atoms with Gasteiger partial charge in [-0.25, -0.2) is 0 Å². The molecule has 2 N–H and O–H groups in total. The summed E-state index contributed by atoms with van der Waals surface area (Å²) in [4.78, 5) is 59.2. The highest BCUT2D eigenvalue weighted by molar-refractivity contribution is 5.99. The summed E-state index contributed by atoms with van der Waals surface area (Å²) >= 11 is 0. The van der Waals surface area contributed by atoms with Crippen molar-refractivity contribution in [1.29, 1.82) is 0 Å². The number of hydrogen-bond donors (Lipinski definition) is 2. The number of carbonyl (C=O) groups excluding carboxylic acids is 4. The number of nitrogens with zero attached hydrogens (tertiary/aromatic N) is 2. The molecule has 0 radical (unpaired) electrons. The number of methoxy groups -OCH3 is 1. The fourth-order valence-corrected chi connectivity index (χ4v) is 7.19. The lowest BCUT2D eigenvalue weighted by Crippen LogP contribution is -2.57. The minimum Gasteiger partial charge on any atom is -0.455 e. The third kappa shape index (κ3) is 6.30. The van der Waals surface area contributed by atoms with Crippen molar-refractivity contribution in [3.8, 4) is 0 Å². The molecular weight excluding hydrogens is 578 g/mol. The third-order valence-electron chi connectivity index (χ3n) is 9.35. The van der Waals surface area contributed by atoms with Crippen LogP contribution < -0.4 is 5.32 Å². The molecule has 0 aromatic heterocycles. The van der Waals surface area contributed by atoms with E-state index in [2.05, 4.69) is 12.2 Å². The van der Waals surface area contributed by atoms with Crippen LogP contribution in [-0.2, 0) is 33.4 Å².